The molecule has 0 saturated carbocycles. The lowest BCUT2D eigenvalue weighted by Gasteiger charge is -2.03. The first-order valence-electron chi connectivity index (χ1n) is 3.57. The average molecular weight is 227 g/mol. The van der Waals surface area contributed by atoms with Crippen LogP contribution < -0.4 is 0 Å². The number of halogens is 2. The molecule has 0 amide bonds. The summed E-state index contributed by atoms with van der Waals surface area (Å²) in [6.45, 7) is 0. The zero-order chi connectivity index (χ0) is 8.97. The van der Waals surface area contributed by atoms with Crippen molar-refractivity contribution in [2.24, 2.45) is 0 Å². The summed E-state index contributed by atoms with van der Waals surface area (Å²) in [5.41, 5.74) is 0.906. The van der Waals surface area contributed by atoms with E-state index in [-0.39, 0.29) is 6.42 Å². The molecule has 12 heavy (non-hydrogen) atoms. The van der Waals surface area contributed by atoms with E-state index >= 15 is 0 Å². The molecule has 1 aromatic carbocycles. The highest BCUT2D eigenvalue weighted by molar-refractivity contribution is 9.10. The molecule has 2 heteroatoms. The van der Waals surface area contributed by atoms with Crippen LogP contribution in [0.5, 0.6) is 0 Å². The fourth-order valence-electron chi connectivity index (χ4n) is 0.916. The Labute approximate surface area is 79.9 Å². The Hall–Kier alpha value is -0.810. The predicted molar refractivity (Wildman–Crippen MR) is 51.6 cm³/mol. The molecule has 0 N–H and O–H groups in total. The first-order valence-corrected chi connectivity index (χ1v) is 4.37. The summed E-state index contributed by atoms with van der Waals surface area (Å²) >= 11 is 3.32. The summed E-state index contributed by atoms with van der Waals surface area (Å²) in [6, 6.07) is 7.48. The molecule has 0 aliphatic carbocycles. The SMILES string of the molecule is C#C[C@@H](F)Cc1ccccc1Br. The van der Waals surface area contributed by atoms with Crippen molar-refractivity contribution in [3.63, 3.8) is 0 Å². The third-order valence-electron chi connectivity index (χ3n) is 1.54. The highest BCUT2D eigenvalue weighted by atomic mass is 79.9. The molecule has 0 unspecified atom stereocenters. The van der Waals surface area contributed by atoms with Crippen molar-refractivity contribution < 1.29 is 4.39 Å². The zero-order valence-corrected chi connectivity index (χ0v) is 8.01. The Bertz CT molecular complexity index is 301. The van der Waals surface area contributed by atoms with Crippen LogP contribution in [-0.2, 0) is 6.42 Å². The largest absolute Gasteiger partial charge is 0.233 e. The molecule has 0 aliphatic heterocycles. The summed E-state index contributed by atoms with van der Waals surface area (Å²) < 4.78 is 13.6. The monoisotopic (exact) mass is 226 g/mol. The van der Waals surface area contributed by atoms with Crippen LogP contribution >= 0.6 is 15.9 Å². The third-order valence-corrected chi connectivity index (χ3v) is 2.31. The second-order valence-electron chi connectivity index (χ2n) is 2.43. The van der Waals surface area contributed by atoms with E-state index in [1.807, 2.05) is 24.3 Å². The van der Waals surface area contributed by atoms with Crippen LogP contribution in [0.2, 0.25) is 0 Å². The quantitative estimate of drug-likeness (QED) is 0.681. The lowest BCUT2D eigenvalue weighted by atomic mass is 10.1. The van der Waals surface area contributed by atoms with Gasteiger partial charge in [0, 0.05) is 10.9 Å². The van der Waals surface area contributed by atoms with Crippen LogP contribution in [0, 0.1) is 12.3 Å². The fourth-order valence-corrected chi connectivity index (χ4v) is 1.36. The van der Waals surface area contributed by atoms with Gasteiger partial charge in [0.15, 0.2) is 6.17 Å². The van der Waals surface area contributed by atoms with Gasteiger partial charge in [-0.25, -0.2) is 4.39 Å². The molecular weight excluding hydrogens is 219 g/mol. The van der Waals surface area contributed by atoms with Crippen LogP contribution in [0.15, 0.2) is 28.7 Å². The number of terminal acetylenes is 1. The summed E-state index contributed by atoms with van der Waals surface area (Å²) in [4.78, 5) is 0. The Balaban J connectivity index is 2.77. The summed E-state index contributed by atoms with van der Waals surface area (Å²) in [6.07, 6.45) is 4.01. The first-order chi connectivity index (χ1) is 5.74. The maximum Gasteiger partial charge on any atom is 0.164 e. The van der Waals surface area contributed by atoms with Crippen LogP contribution in [-0.4, -0.2) is 6.17 Å². The van der Waals surface area contributed by atoms with E-state index in [2.05, 4.69) is 21.9 Å². The van der Waals surface area contributed by atoms with Crippen LogP contribution in [0.3, 0.4) is 0 Å². The molecule has 0 heterocycles. The molecule has 0 radical (unpaired) electrons. The van der Waals surface area contributed by atoms with E-state index in [1.54, 1.807) is 0 Å². The van der Waals surface area contributed by atoms with Crippen molar-refractivity contribution in [3.8, 4) is 12.3 Å². The predicted octanol–water partition coefficient (Wildman–Crippen LogP) is 2.96. The maximum absolute atomic E-state index is 12.7. The summed E-state index contributed by atoms with van der Waals surface area (Å²) in [5.74, 6) is 2.05. The van der Waals surface area contributed by atoms with Gasteiger partial charge in [0.25, 0.3) is 0 Å². The van der Waals surface area contributed by atoms with Crippen LogP contribution in [0.1, 0.15) is 5.56 Å². The molecule has 0 aromatic heterocycles. The molecule has 1 atom stereocenters. The Morgan fingerprint density at radius 1 is 1.50 bits per heavy atom. The number of rotatable bonds is 2. The minimum Gasteiger partial charge on any atom is -0.233 e. The lowest BCUT2D eigenvalue weighted by Crippen LogP contribution is -2.01. The van der Waals surface area contributed by atoms with E-state index in [4.69, 9.17) is 6.42 Å². The van der Waals surface area contributed by atoms with Gasteiger partial charge in [-0.2, -0.15) is 0 Å². The molecule has 0 spiro atoms. The molecule has 0 nitrogen and oxygen atoms in total. The van der Waals surface area contributed by atoms with Crippen LogP contribution in [0.4, 0.5) is 4.39 Å². The van der Waals surface area contributed by atoms with Gasteiger partial charge in [-0.05, 0) is 11.6 Å². The molecule has 1 aromatic rings. The molecule has 0 saturated heterocycles. The van der Waals surface area contributed by atoms with E-state index in [0.29, 0.717) is 0 Å². The van der Waals surface area contributed by atoms with Crippen molar-refractivity contribution in [1.29, 1.82) is 0 Å². The van der Waals surface area contributed by atoms with Crippen molar-refractivity contribution in [2.45, 2.75) is 12.6 Å². The van der Waals surface area contributed by atoms with Crippen LogP contribution in [0.25, 0.3) is 0 Å². The summed E-state index contributed by atoms with van der Waals surface area (Å²) in [7, 11) is 0. The van der Waals surface area contributed by atoms with Gasteiger partial charge >= 0.3 is 0 Å². The standard InChI is InChI=1S/C10H8BrF/c1-2-9(12)7-8-5-3-4-6-10(8)11/h1,3-6,9H,7H2/t9-/m1/s1. The van der Waals surface area contributed by atoms with E-state index in [0.717, 1.165) is 10.0 Å². The van der Waals surface area contributed by atoms with Gasteiger partial charge in [0.2, 0.25) is 0 Å². The molecule has 1 rings (SSSR count). The molecule has 0 bridgehead atoms. The van der Waals surface area contributed by atoms with Gasteiger partial charge in [0.1, 0.15) is 0 Å². The molecule has 0 fully saturated rings. The van der Waals surface area contributed by atoms with Gasteiger partial charge < -0.3 is 0 Å². The minimum atomic E-state index is -1.19. The van der Waals surface area contributed by atoms with Gasteiger partial charge in [-0.1, -0.05) is 40.0 Å². The van der Waals surface area contributed by atoms with Crippen molar-refractivity contribution in [3.05, 3.63) is 34.3 Å². The highest BCUT2D eigenvalue weighted by Gasteiger charge is 2.05. The summed E-state index contributed by atoms with van der Waals surface area (Å²) in [5, 5.41) is 0. The van der Waals surface area contributed by atoms with E-state index in [1.165, 1.54) is 0 Å². The smallest absolute Gasteiger partial charge is 0.164 e. The molecule has 0 aliphatic rings. The minimum absolute atomic E-state index is 0.276. The van der Waals surface area contributed by atoms with Gasteiger partial charge in [-0.15, -0.1) is 6.42 Å². The van der Waals surface area contributed by atoms with E-state index in [9.17, 15) is 4.39 Å². The third kappa shape index (κ3) is 2.35. The normalized spacial score (nSPS) is 12.1. The lowest BCUT2D eigenvalue weighted by molar-refractivity contribution is 0.411. The number of alkyl halides is 1. The van der Waals surface area contributed by atoms with Crippen molar-refractivity contribution in [1.82, 2.24) is 0 Å². The topological polar surface area (TPSA) is 0 Å². The Morgan fingerprint density at radius 3 is 2.75 bits per heavy atom. The Kier molecular flexibility index (Phi) is 3.31. The van der Waals surface area contributed by atoms with Gasteiger partial charge in [-0.3, -0.25) is 0 Å². The Morgan fingerprint density at radius 2 is 2.17 bits per heavy atom. The van der Waals surface area contributed by atoms with E-state index < -0.39 is 6.17 Å². The first kappa shape index (κ1) is 9.28. The molecular formula is C10H8BrF. The molecule has 62 valence electrons. The maximum atomic E-state index is 12.7. The number of hydrogen-bond acceptors (Lipinski definition) is 0. The second-order valence-corrected chi connectivity index (χ2v) is 3.28. The van der Waals surface area contributed by atoms with Gasteiger partial charge in [0.05, 0.1) is 0 Å². The second kappa shape index (κ2) is 4.27. The zero-order valence-electron chi connectivity index (χ0n) is 6.43. The fraction of sp³-hybridized carbons (Fsp3) is 0.200. The highest BCUT2D eigenvalue weighted by Crippen LogP contribution is 2.17. The van der Waals surface area contributed by atoms with Crippen molar-refractivity contribution in [2.75, 3.05) is 0 Å². The number of hydrogen-bond donors (Lipinski definition) is 0. The number of benzene rings is 1. The average Bonchev–Trinajstić information content (AvgIpc) is 2.09. The van der Waals surface area contributed by atoms with Crippen molar-refractivity contribution >= 4 is 15.9 Å².